The molecule has 1 N–H and O–H groups in total. The predicted molar refractivity (Wildman–Crippen MR) is 99.6 cm³/mol. The number of aryl methyl sites for hydroxylation is 1. The summed E-state index contributed by atoms with van der Waals surface area (Å²) in [5.41, 5.74) is 4.06. The first kappa shape index (κ1) is 18.9. The molecule has 0 aliphatic heterocycles. The molecule has 134 valence electrons. The SMILES string of the molecule is COc1cc(/C=N\NC(=O)Cc2csc(C)n2)ccc1OCC(C)C. The molecule has 0 saturated carbocycles. The minimum absolute atomic E-state index is 0.203. The minimum atomic E-state index is -0.203. The number of thiazole rings is 1. The number of aromatic nitrogens is 1. The van der Waals surface area contributed by atoms with E-state index >= 15 is 0 Å². The second-order valence-electron chi connectivity index (χ2n) is 5.94. The van der Waals surface area contributed by atoms with Gasteiger partial charge in [0, 0.05) is 5.38 Å². The van der Waals surface area contributed by atoms with E-state index in [0.29, 0.717) is 24.0 Å². The number of hydrogen-bond acceptors (Lipinski definition) is 6. The molecule has 1 heterocycles. The molecule has 0 unspecified atom stereocenters. The van der Waals surface area contributed by atoms with Crippen molar-refractivity contribution in [3.63, 3.8) is 0 Å². The number of hydrazone groups is 1. The molecular formula is C18H23N3O3S. The predicted octanol–water partition coefficient (Wildman–Crippen LogP) is 3.19. The van der Waals surface area contributed by atoms with Crippen LogP contribution in [0.5, 0.6) is 11.5 Å². The van der Waals surface area contributed by atoms with Gasteiger partial charge in [0.2, 0.25) is 5.91 Å². The fourth-order valence-electron chi connectivity index (χ4n) is 2.01. The van der Waals surface area contributed by atoms with Crippen molar-refractivity contribution >= 4 is 23.5 Å². The standard InChI is InChI=1S/C18H23N3O3S/c1-12(2)10-24-16-6-5-14(7-17(16)23-4)9-19-21-18(22)8-15-11-25-13(3)20-15/h5-7,9,11-12H,8,10H2,1-4H3,(H,21,22)/b19-9-. The maximum atomic E-state index is 11.8. The summed E-state index contributed by atoms with van der Waals surface area (Å²) in [7, 11) is 1.59. The van der Waals surface area contributed by atoms with E-state index in [0.717, 1.165) is 16.3 Å². The molecule has 1 aromatic heterocycles. The monoisotopic (exact) mass is 361 g/mol. The minimum Gasteiger partial charge on any atom is -0.493 e. The molecular weight excluding hydrogens is 338 g/mol. The number of carbonyl (C=O) groups excluding carboxylic acids is 1. The summed E-state index contributed by atoms with van der Waals surface area (Å²) in [6.45, 7) is 6.70. The van der Waals surface area contributed by atoms with Crippen molar-refractivity contribution in [3.8, 4) is 11.5 Å². The van der Waals surface area contributed by atoms with E-state index in [-0.39, 0.29) is 12.3 Å². The van der Waals surface area contributed by atoms with Crippen LogP contribution in [0.1, 0.15) is 30.1 Å². The van der Waals surface area contributed by atoms with Crippen LogP contribution in [0.3, 0.4) is 0 Å². The topological polar surface area (TPSA) is 72.8 Å². The summed E-state index contributed by atoms with van der Waals surface area (Å²) in [4.78, 5) is 16.1. The molecule has 1 aromatic carbocycles. The lowest BCUT2D eigenvalue weighted by Crippen LogP contribution is -2.19. The van der Waals surface area contributed by atoms with Crippen LogP contribution in [0.15, 0.2) is 28.7 Å². The zero-order valence-corrected chi connectivity index (χ0v) is 15.7. The highest BCUT2D eigenvalue weighted by Gasteiger charge is 2.07. The highest BCUT2D eigenvalue weighted by atomic mass is 32.1. The van der Waals surface area contributed by atoms with E-state index in [9.17, 15) is 4.79 Å². The van der Waals surface area contributed by atoms with Gasteiger partial charge in [0.25, 0.3) is 0 Å². The lowest BCUT2D eigenvalue weighted by atomic mass is 10.2. The van der Waals surface area contributed by atoms with Crippen LogP contribution in [0, 0.1) is 12.8 Å². The van der Waals surface area contributed by atoms with Gasteiger partial charge in [-0.15, -0.1) is 11.3 Å². The van der Waals surface area contributed by atoms with Gasteiger partial charge in [0.15, 0.2) is 11.5 Å². The zero-order chi connectivity index (χ0) is 18.2. The number of rotatable bonds is 8. The van der Waals surface area contributed by atoms with Gasteiger partial charge in [0.05, 0.1) is 37.1 Å². The third-order valence-electron chi connectivity index (χ3n) is 3.17. The summed E-state index contributed by atoms with van der Waals surface area (Å²) < 4.78 is 11.1. The second kappa shape index (κ2) is 9.17. The Morgan fingerprint density at radius 3 is 2.84 bits per heavy atom. The quantitative estimate of drug-likeness (QED) is 0.579. The summed E-state index contributed by atoms with van der Waals surface area (Å²) in [5.74, 6) is 1.55. The van der Waals surface area contributed by atoms with E-state index in [1.54, 1.807) is 13.3 Å². The Bertz CT molecular complexity index is 741. The molecule has 1 amide bonds. The highest BCUT2D eigenvalue weighted by molar-refractivity contribution is 7.09. The number of benzene rings is 1. The van der Waals surface area contributed by atoms with Crippen molar-refractivity contribution in [2.45, 2.75) is 27.2 Å². The van der Waals surface area contributed by atoms with Gasteiger partial charge in [-0.2, -0.15) is 5.10 Å². The van der Waals surface area contributed by atoms with Crippen molar-refractivity contribution in [2.75, 3.05) is 13.7 Å². The average molecular weight is 361 g/mol. The molecule has 6 nitrogen and oxygen atoms in total. The van der Waals surface area contributed by atoms with Crippen LogP contribution in [-0.2, 0) is 11.2 Å². The van der Waals surface area contributed by atoms with E-state index in [1.807, 2.05) is 30.5 Å². The third-order valence-corrected chi connectivity index (χ3v) is 3.99. The van der Waals surface area contributed by atoms with E-state index < -0.39 is 0 Å². The van der Waals surface area contributed by atoms with Crippen molar-refractivity contribution < 1.29 is 14.3 Å². The molecule has 0 atom stereocenters. The lowest BCUT2D eigenvalue weighted by molar-refractivity contribution is -0.120. The van der Waals surface area contributed by atoms with Crippen LogP contribution in [-0.4, -0.2) is 30.8 Å². The first-order valence-electron chi connectivity index (χ1n) is 8.01. The summed E-state index contributed by atoms with van der Waals surface area (Å²) >= 11 is 1.52. The molecule has 7 heteroatoms. The van der Waals surface area contributed by atoms with Gasteiger partial charge in [0.1, 0.15) is 0 Å². The molecule has 2 rings (SSSR count). The average Bonchev–Trinajstić information content (AvgIpc) is 2.98. The number of amides is 1. The molecule has 0 bridgehead atoms. The number of nitrogens with zero attached hydrogens (tertiary/aromatic N) is 2. The summed E-state index contributed by atoms with van der Waals surface area (Å²) in [5, 5.41) is 6.80. The lowest BCUT2D eigenvalue weighted by Gasteiger charge is -2.12. The van der Waals surface area contributed by atoms with Gasteiger partial charge < -0.3 is 9.47 Å². The van der Waals surface area contributed by atoms with E-state index in [1.165, 1.54) is 11.3 Å². The van der Waals surface area contributed by atoms with E-state index in [2.05, 4.69) is 29.4 Å². The normalized spacial score (nSPS) is 11.1. The maximum absolute atomic E-state index is 11.8. The van der Waals surface area contributed by atoms with Crippen molar-refractivity contribution in [2.24, 2.45) is 11.0 Å². The van der Waals surface area contributed by atoms with Crippen molar-refractivity contribution in [1.29, 1.82) is 0 Å². The Labute approximate surface area is 151 Å². The van der Waals surface area contributed by atoms with Crippen molar-refractivity contribution in [1.82, 2.24) is 10.4 Å². The van der Waals surface area contributed by atoms with Crippen LogP contribution in [0.4, 0.5) is 0 Å². The Hall–Kier alpha value is -2.41. The number of ether oxygens (including phenoxy) is 2. The fraction of sp³-hybridized carbons (Fsp3) is 0.389. The van der Waals surface area contributed by atoms with E-state index in [4.69, 9.17) is 9.47 Å². The third kappa shape index (κ3) is 6.19. The molecule has 0 aliphatic carbocycles. The Kier molecular flexibility index (Phi) is 6.94. The Morgan fingerprint density at radius 2 is 2.20 bits per heavy atom. The molecule has 0 spiro atoms. The molecule has 0 saturated heterocycles. The summed E-state index contributed by atoms with van der Waals surface area (Å²) in [6, 6.07) is 5.51. The number of methoxy groups -OCH3 is 1. The maximum Gasteiger partial charge on any atom is 0.246 e. The number of carbonyl (C=O) groups is 1. The highest BCUT2D eigenvalue weighted by Crippen LogP contribution is 2.27. The Balaban J connectivity index is 1.92. The van der Waals surface area contributed by atoms with Crippen LogP contribution in [0.2, 0.25) is 0 Å². The van der Waals surface area contributed by atoms with Crippen LogP contribution in [0.25, 0.3) is 0 Å². The second-order valence-corrected chi connectivity index (χ2v) is 7.01. The molecule has 0 fully saturated rings. The fourth-order valence-corrected chi connectivity index (χ4v) is 2.63. The first-order valence-corrected chi connectivity index (χ1v) is 8.89. The van der Waals surface area contributed by atoms with Crippen LogP contribution < -0.4 is 14.9 Å². The molecule has 25 heavy (non-hydrogen) atoms. The number of hydrogen-bond donors (Lipinski definition) is 1. The van der Waals surface area contributed by atoms with Gasteiger partial charge in [-0.05, 0) is 36.6 Å². The number of nitrogens with one attached hydrogen (secondary N) is 1. The smallest absolute Gasteiger partial charge is 0.246 e. The molecule has 0 aliphatic rings. The van der Waals surface area contributed by atoms with Gasteiger partial charge in [-0.3, -0.25) is 4.79 Å². The zero-order valence-electron chi connectivity index (χ0n) is 14.9. The largest absolute Gasteiger partial charge is 0.493 e. The van der Waals surface area contributed by atoms with Crippen LogP contribution >= 0.6 is 11.3 Å². The van der Waals surface area contributed by atoms with Gasteiger partial charge in [-0.1, -0.05) is 13.8 Å². The first-order chi connectivity index (χ1) is 12.0. The Morgan fingerprint density at radius 1 is 1.40 bits per heavy atom. The summed E-state index contributed by atoms with van der Waals surface area (Å²) in [6.07, 6.45) is 1.78. The van der Waals surface area contributed by atoms with Crippen molar-refractivity contribution in [3.05, 3.63) is 39.8 Å². The van der Waals surface area contributed by atoms with Gasteiger partial charge >= 0.3 is 0 Å². The van der Waals surface area contributed by atoms with Gasteiger partial charge in [-0.25, -0.2) is 10.4 Å². The molecule has 2 aromatic rings. The molecule has 0 radical (unpaired) electrons.